The van der Waals surface area contributed by atoms with Crippen molar-refractivity contribution in [3.05, 3.63) is 22.3 Å². The van der Waals surface area contributed by atoms with E-state index in [9.17, 15) is 0 Å². The van der Waals surface area contributed by atoms with Crippen LogP contribution in [0.1, 0.15) is 18.4 Å². The SMILES string of the molecule is N#Cc1cc(Br)cnc1N1CCCC1CN. The fourth-order valence-electron chi connectivity index (χ4n) is 2.10. The number of anilines is 1. The molecule has 5 heteroatoms. The Kier molecular flexibility index (Phi) is 3.42. The number of halogens is 1. The third-order valence-corrected chi connectivity index (χ3v) is 3.31. The van der Waals surface area contributed by atoms with Gasteiger partial charge in [-0.05, 0) is 34.8 Å². The second-order valence-corrected chi connectivity index (χ2v) is 4.78. The van der Waals surface area contributed by atoms with Crippen LogP contribution in [0.3, 0.4) is 0 Å². The van der Waals surface area contributed by atoms with Gasteiger partial charge in [0.05, 0.1) is 5.56 Å². The summed E-state index contributed by atoms with van der Waals surface area (Å²) >= 11 is 3.32. The second-order valence-electron chi connectivity index (χ2n) is 3.86. The molecule has 84 valence electrons. The highest BCUT2D eigenvalue weighted by Gasteiger charge is 2.26. The Balaban J connectivity index is 2.36. The van der Waals surface area contributed by atoms with Crippen molar-refractivity contribution in [1.82, 2.24) is 4.98 Å². The molecule has 1 saturated heterocycles. The molecule has 1 fully saturated rings. The highest BCUT2D eigenvalue weighted by atomic mass is 79.9. The van der Waals surface area contributed by atoms with Crippen molar-refractivity contribution in [2.75, 3.05) is 18.0 Å². The third-order valence-electron chi connectivity index (χ3n) is 2.88. The predicted molar refractivity (Wildman–Crippen MR) is 66.1 cm³/mol. The molecule has 0 radical (unpaired) electrons. The maximum atomic E-state index is 9.09. The maximum Gasteiger partial charge on any atom is 0.146 e. The van der Waals surface area contributed by atoms with Gasteiger partial charge in [-0.2, -0.15) is 5.26 Å². The first-order valence-corrected chi connectivity index (χ1v) is 6.08. The van der Waals surface area contributed by atoms with Crippen LogP contribution in [0, 0.1) is 11.3 Å². The van der Waals surface area contributed by atoms with E-state index in [2.05, 4.69) is 31.9 Å². The minimum atomic E-state index is 0.320. The summed E-state index contributed by atoms with van der Waals surface area (Å²) in [7, 11) is 0. The lowest BCUT2D eigenvalue weighted by molar-refractivity contribution is 0.671. The van der Waals surface area contributed by atoms with E-state index in [0.29, 0.717) is 18.2 Å². The number of hydrogen-bond donors (Lipinski definition) is 1. The fraction of sp³-hybridized carbons (Fsp3) is 0.455. The Morgan fingerprint density at radius 1 is 1.69 bits per heavy atom. The van der Waals surface area contributed by atoms with Crippen molar-refractivity contribution in [2.45, 2.75) is 18.9 Å². The summed E-state index contributed by atoms with van der Waals surface area (Å²) in [5.41, 5.74) is 6.33. The Hall–Kier alpha value is -1.12. The van der Waals surface area contributed by atoms with Gasteiger partial charge in [0.25, 0.3) is 0 Å². The first-order valence-electron chi connectivity index (χ1n) is 5.28. The lowest BCUT2D eigenvalue weighted by atomic mass is 10.2. The first kappa shape index (κ1) is 11.4. The van der Waals surface area contributed by atoms with E-state index in [4.69, 9.17) is 11.0 Å². The average molecular weight is 281 g/mol. The van der Waals surface area contributed by atoms with Gasteiger partial charge < -0.3 is 10.6 Å². The molecule has 0 aliphatic carbocycles. The summed E-state index contributed by atoms with van der Waals surface area (Å²) in [6.07, 6.45) is 3.92. The van der Waals surface area contributed by atoms with Crippen molar-refractivity contribution in [3.63, 3.8) is 0 Å². The molecule has 1 unspecified atom stereocenters. The smallest absolute Gasteiger partial charge is 0.146 e. The molecule has 2 rings (SSSR count). The zero-order chi connectivity index (χ0) is 11.5. The molecular weight excluding hydrogens is 268 g/mol. The van der Waals surface area contributed by atoms with Crippen LogP contribution in [0.5, 0.6) is 0 Å². The van der Waals surface area contributed by atoms with Gasteiger partial charge in [-0.25, -0.2) is 4.98 Å². The summed E-state index contributed by atoms with van der Waals surface area (Å²) in [6.45, 7) is 1.55. The Morgan fingerprint density at radius 3 is 3.19 bits per heavy atom. The van der Waals surface area contributed by atoms with Crippen molar-refractivity contribution >= 4 is 21.7 Å². The lowest BCUT2D eigenvalue weighted by Crippen LogP contribution is -2.36. The molecule has 1 atom stereocenters. The van der Waals surface area contributed by atoms with Gasteiger partial charge in [0.15, 0.2) is 0 Å². The lowest BCUT2D eigenvalue weighted by Gasteiger charge is -2.25. The fourth-order valence-corrected chi connectivity index (χ4v) is 2.43. The molecule has 1 aliphatic rings. The second kappa shape index (κ2) is 4.81. The minimum Gasteiger partial charge on any atom is -0.351 e. The number of nitriles is 1. The standard InChI is InChI=1S/C11H13BrN4/c12-9-4-8(5-13)11(15-7-9)16-3-1-2-10(16)6-14/h4,7,10H,1-3,6,14H2. The molecule has 0 saturated carbocycles. The van der Waals surface area contributed by atoms with Gasteiger partial charge in [0.1, 0.15) is 11.9 Å². The molecule has 16 heavy (non-hydrogen) atoms. The topological polar surface area (TPSA) is 65.9 Å². The van der Waals surface area contributed by atoms with E-state index >= 15 is 0 Å². The van der Waals surface area contributed by atoms with E-state index in [-0.39, 0.29) is 0 Å². The Labute approximate surface area is 103 Å². The molecule has 2 N–H and O–H groups in total. The molecule has 0 aromatic carbocycles. The molecule has 0 spiro atoms. The van der Waals surface area contributed by atoms with E-state index in [0.717, 1.165) is 29.7 Å². The first-order chi connectivity index (χ1) is 7.76. The molecule has 0 amide bonds. The maximum absolute atomic E-state index is 9.09. The Bertz CT molecular complexity index is 426. The summed E-state index contributed by atoms with van der Waals surface area (Å²) in [6, 6.07) is 4.30. The predicted octanol–water partition coefficient (Wildman–Crippen LogP) is 1.64. The number of rotatable bonds is 2. The summed E-state index contributed by atoms with van der Waals surface area (Å²) in [5.74, 6) is 0.763. The monoisotopic (exact) mass is 280 g/mol. The summed E-state index contributed by atoms with van der Waals surface area (Å²) in [5, 5.41) is 9.09. The van der Waals surface area contributed by atoms with Crippen molar-refractivity contribution in [3.8, 4) is 6.07 Å². The molecule has 1 aromatic heterocycles. The molecule has 4 nitrogen and oxygen atoms in total. The average Bonchev–Trinajstić information content (AvgIpc) is 2.76. The van der Waals surface area contributed by atoms with E-state index in [1.807, 2.05) is 0 Å². The number of nitrogens with zero attached hydrogens (tertiary/aromatic N) is 3. The van der Waals surface area contributed by atoms with Crippen molar-refractivity contribution < 1.29 is 0 Å². The van der Waals surface area contributed by atoms with Gasteiger partial charge in [0.2, 0.25) is 0 Å². The van der Waals surface area contributed by atoms with Crippen LogP contribution in [0.15, 0.2) is 16.7 Å². The van der Waals surface area contributed by atoms with Gasteiger partial charge in [-0.15, -0.1) is 0 Å². The van der Waals surface area contributed by atoms with Crippen LogP contribution in [0.25, 0.3) is 0 Å². The van der Waals surface area contributed by atoms with Crippen LogP contribution >= 0.6 is 15.9 Å². The van der Waals surface area contributed by atoms with Gasteiger partial charge >= 0.3 is 0 Å². The molecule has 1 aromatic rings. The van der Waals surface area contributed by atoms with Crippen LogP contribution in [-0.4, -0.2) is 24.1 Å². The number of aromatic nitrogens is 1. The van der Waals surface area contributed by atoms with Gasteiger partial charge in [-0.3, -0.25) is 0 Å². The zero-order valence-corrected chi connectivity index (χ0v) is 10.4. The third kappa shape index (κ3) is 2.04. The quantitative estimate of drug-likeness (QED) is 0.895. The van der Waals surface area contributed by atoms with E-state index in [1.165, 1.54) is 0 Å². The van der Waals surface area contributed by atoms with Gasteiger partial charge in [-0.1, -0.05) is 0 Å². The largest absolute Gasteiger partial charge is 0.351 e. The zero-order valence-electron chi connectivity index (χ0n) is 8.86. The van der Waals surface area contributed by atoms with E-state index < -0.39 is 0 Å². The summed E-state index contributed by atoms with van der Waals surface area (Å²) in [4.78, 5) is 6.47. The minimum absolute atomic E-state index is 0.320. The summed E-state index contributed by atoms with van der Waals surface area (Å²) < 4.78 is 0.830. The van der Waals surface area contributed by atoms with Crippen LogP contribution < -0.4 is 10.6 Å². The Morgan fingerprint density at radius 2 is 2.50 bits per heavy atom. The highest BCUT2D eigenvalue weighted by Crippen LogP contribution is 2.27. The normalized spacial score (nSPS) is 19.8. The van der Waals surface area contributed by atoms with Crippen LogP contribution in [0.2, 0.25) is 0 Å². The molecular formula is C11H13BrN4. The molecule has 0 bridgehead atoms. The number of nitrogens with two attached hydrogens (primary N) is 1. The highest BCUT2D eigenvalue weighted by molar-refractivity contribution is 9.10. The molecule has 1 aliphatic heterocycles. The van der Waals surface area contributed by atoms with Gasteiger partial charge in [0, 0.05) is 29.8 Å². The molecule has 2 heterocycles. The number of hydrogen-bond acceptors (Lipinski definition) is 4. The van der Waals surface area contributed by atoms with E-state index in [1.54, 1.807) is 12.3 Å². The van der Waals surface area contributed by atoms with Crippen LogP contribution in [0.4, 0.5) is 5.82 Å². The van der Waals surface area contributed by atoms with Crippen LogP contribution in [-0.2, 0) is 0 Å². The van der Waals surface area contributed by atoms with Crippen molar-refractivity contribution in [1.29, 1.82) is 5.26 Å². The van der Waals surface area contributed by atoms with Crippen molar-refractivity contribution in [2.24, 2.45) is 5.73 Å². The number of pyridine rings is 1.